The zero-order chi connectivity index (χ0) is 33.6. The Hall–Kier alpha value is -4.27. The molecule has 2 atom stereocenters. The molecule has 0 radical (unpaired) electrons. The van der Waals surface area contributed by atoms with E-state index in [-0.39, 0.29) is 17.4 Å². The summed E-state index contributed by atoms with van der Waals surface area (Å²) in [6.45, 7) is 9.47. The van der Waals surface area contributed by atoms with Crippen molar-refractivity contribution in [1.29, 1.82) is 5.26 Å². The number of azo groups is 1. The molecular weight excluding hydrogens is 644 g/mol. The summed E-state index contributed by atoms with van der Waals surface area (Å²) >= 11 is 7.53. The fourth-order valence-corrected chi connectivity index (χ4v) is 7.88. The minimum Gasteiger partial charge on any atom is -0.435 e. The van der Waals surface area contributed by atoms with E-state index in [2.05, 4.69) is 50.2 Å². The minimum atomic E-state index is -0.179. The van der Waals surface area contributed by atoms with Gasteiger partial charge >= 0.3 is 0 Å². The number of carbonyl (C=O) groups is 1. The van der Waals surface area contributed by atoms with Crippen molar-refractivity contribution in [2.24, 2.45) is 22.1 Å². The molecule has 1 aliphatic heterocycles. The number of nitrogens with zero attached hydrogens (tertiary/aromatic N) is 7. The lowest BCUT2D eigenvalue weighted by molar-refractivity contribution is -0.114. The number of halogens is 1. The third-order valence-corrected chi connectivity index (χ3v) is 10.2. The van der Waals surface area contributed by atoms with Crippen molar-refractivity contribution in [2.45, 2.75) is 65.7 Å². The number of anilines is 3. The van der Waals surface area contributed by atoms with E-state index in [1.807, 2.05) is 18.2 Å². The maximum atomic E-state index is 12.2. The average Bonchev–Trinajstić information content (AvgIpc) is 3.69. The van der Waals surface area contributed by atoms with E-state index in [1.54, 1.807) is 24.3 Å². The van der Waals surface area contributed by atoms with Crippen LogP contribution in [0.25, 0.3) is 22.7 Å². The number of amides is 1. The molecule has 2 fully saturated rings. The first kappa shape index (κ1) is 33.6. The molecule has 0 bridgehead atoms. The Kier molecular flexibility index (Phi) is 10.7. The molecule has 2 aromatic heterocycles. The molecule has 1 amide bonds. The highest BCUT2D eigenvalue weighted by atomic mass is 35.5. The van der Waals surface area contributed by atoms with E-state index in [0.29, 0.717) is 38.5 Å². The third kappa shape index (κ3) is 7.71. The number of nitriles is 1. The second-order valence-corrected chi connectivity index (χ2v) is 14.0. The molecule has 2 aromatic carbocycles. The van der Waals surface area contributed by atoms with Gasteiger partial charge in [-0.25, -0.2) is 4.98 Å². The van der Waals surface area contributed by atoms with Crippen LogP contribution in [0.15, 0.2) is 51.0 Å². The van der Waals surface area contributed by atoms with Crippen LogP contribution in [0.4, 0.5) is 28.0 Å². The maximum absolute atomic E-state index is 12.2. The van der Waals surface area contributed by atoms with Gasteiger partial charge in [-0.1, -0.05) is 56.0 Å². The Morgan fingerprint density at radius 1 is 1.12 bits per heavy atom. The number of hydrogen-bond acceptors (Lipinski definition) is 10. The molecule has 2 unspecified atom stereocenters. The number of hydrogen-bond donors (Lipinski definition) is 1. The number of oxazole rings is 1. The first-order chi connectivity index (χ1) is 23.3. The van der Waals surface area contributed by atoms with Gasteiger partial charge in [0.25, 0.3) is 0 Å². The van der Waals surface area contributed by atoms with Gasteiger partial charge in [0.05, 0.1) is 10.6 Å². The number of benzene rings is 2. The van der Waals surface area contributed by atoms with Crippen LogP contribution in [0, 0.1) is 23.2 Å². The average molecular weight is 685 g/mol. The summed E-state index contributed by atoms with van der Waals surface area (Å²) in [4.78, 5) is 27.1. The summed E-state index contributed by atoms with van der Waals surface area (Å²) in [7, 11) is 0. The molecule has 3 heterocycles. The third-order valence-electron chi connectivity index (χ3n) is 9.08. The molecule has 12 heteroatoms. The highest BCUT2D eigenvalue weighted by Gasteiger charge is 2.33. The Balaban J connectivity index is 1.36. The summed E-state index contributed by atoms with van der Waals surface area (Å²) in [5.74, 6) is 2.23. The van der Waals surface area contributed by atoms with E-state index < -0.39 is 0 Å². The zero-order valence-corrected chi connectivity index (χ0v) is 29.3. The van der Waals surface area contributed by atoms with Crippen molar-refractivity contribution in [3.63, 3.8) is 0 Å². The first-order valence-electron chi connectivity index (χ1n) is 16.9. The number of rotatable bonds is 11. The quantitative estimate of drug-likeness (QED) is 0.123. The Bertz CT molecular complexity index is 1870. The highest BCUT2D eigenvalue weighted by Crippen LogP contribution is 2.42. The van der Waals surface area contributed by atoms with Gasteiger partial charge in [0.15, 0.2) is 5.58 Å². The molecule has 10 nitrogen and oxygen atoms in total. The Morgan fingerprint density at radius 2 is 1.92 bits per heavy atom. The van der Waals surface area contributed by atoms with E-state index in [9.17, 15) is 10.1 Å². The van der Waals surface area contributed by atoms with Crippen LogP contribution in [0.3, 0.4) is 0 Å². The largest absolute Gasteiger partial charge is 0.435 e. The number of allylic oxidation sites excluding steroid dienone is 1. The Labute approximate surface area is 290 Å². The highest BCUT2D eigenvalue weighted by molar-refractivity contribution is 7.16. The van der Waals surface area contributed by atoms with Crippen molar-refractivity contribution in [2.75, 3.05) is 41.3 Å². The second kappa shape index (κ2) is 15.3. The number of thiazole rings is 1. The number of nitrogens with one attached hydrogen (secondary N) is 1. The molecule has 1 N–H and O–H groups in total. The number of carbonyl (C=O) groups excluding carboxylic acids is 1. The van der Waals surface area contributed by atoms with Crippen LogP contribution in [0.1, 0.15) is 76.5 Å². The van der Waals surface area contributed by atoms with Gasteiger partial charge in [-0.05, 0) is 73.9 Å². The first-order valence-corrected chi connectivity index (χ1v) is 18.1. The molecule has 1 saturated carbocycles. The fourth-order valence-electron chi connectivity index (χ4n) is 6.86. The Morgan fingerprint density at radius 3 is 2.67 bits per heavy atom. The molecule has 2 aliphatic rings. The second-order valence-electron chi connectivity index (χ2n) is 12.6. The molecular formula is C36H41ClN8O2S. The normalized spacial score (nSPS) is 18.2. The SMILES string of the molecule is CCCN(CCC)c1ccc(N=Nc2nc(N3CCC4CCCCC4C3)c(/C=C(\C#N)c3nc4ccc(Cl)cc4o3)s2)c(NC(C)=O)c1. The van der Waals surface area contributed by atoms with Crippen LogP contribution in [0.5, 0.6) is 0 Å². The summed E-state index contributed by atoms with van der Waals surface area (Å²) in [6.07, 6.45) is 10.1. The van der Waals surface area contributed by atoms with Crippen LogP contribution >= 0.6 is 22.9 Å². The van der Waals surface area contributed by atoms with Crippen molar-refractivity contribution >= 4 is 79.6 Å². The van der Waals surface area contributed by atoms with Gasteiger partial charge in [-0.3, -0.25) is 4.79 Å². The molecule has 6 rings (SSSR count). The number of aromatic nitrogens is 2. The number of fused-ring (bicyclic) bond motifs is 2. The number of piperidine rings is 1. The smallest absolute Gasteiger partial charge is 0.238 e. The predicted molar refractivity (Wildman–Crippen MR) is 195 cm³/mol. The van der Waals surface area contributed by atoms with E-state index in [1.165, 1.54) is 43.9 Å². The molecule has 4 aromatic rings. The van der Waals surface area contributed by atoms with E-state index in [4.69, 9.17) is 21.0 Å². The van der Waals surface area contributed by atoms with Crippen LogP contribution in [-0.2, 0) is 4.79 Å². The summed E-state index contributed by atoms with van der Waals surface area (Å²) in [5, 5.41) is 23.3. The zero-order valence-electron chi connectivity index (χ0n) is 27.7. The van der Waals surface area contributed by atoms with Gasteiger partial charge in [-0.2, -0.15) is 10.2 Å². The lowest BCUT2D eigenvalue weighted by Gasteiger charge is -2.41. The van der Waals surface area contributed by atoms with Crippen molar-refractivity contribution < 1.29 is 9.21 Å². The van der Waals surface area contributed by atoms with Gasteiger partial charge in [-0.15, -0.1) is 10.2 Å². The van der Waals surface area contributed by atoms with Gasteiger partial charge < -0.3 is 19.5 Å². The van der Waals surface area contributed by atoms with Gasteiger partial charge in [0, 0.05) is 49.9 Å². The lowest BCUT2D eigenvalue weighted by atomic mass is 9.75. The van der Waals surface area contributed by atoms with Crippen LogP contribution in [0.2, 0.25) is 5.02 Å². The molecule has 48 heavy (non-hydrogen) atoms. The molecule has 0 spiro atoms. The molecule has 250 valence electrons. The van der Waals surface area contributed by atoms with Crippen molar-refractivity contribution in [1.82, 2.24) is 9.97 Å². The van der Waals surface area contributed by atoms with Crippen LogP contribution in [-0.4, -0.2) is 42.1 Å². The monoisotopic (exact) mass is 684 g/mol. The summed E-state index contributed by atoms with van der Waals surface area (Å²) < 4.78 is 5.95. The van der Waals surface area contributed by atoms with Crippen molar-refractivity contribution in [3.05, 3.63) is 52.2 Å². The lowest BCUT2D eigenvalue weighted by Crippen LogP contribution is -2.42. The molecule has 1 saturated heterocycles. The minimum absolute atomic E-state index is 0.179. The maximum Gasteiger partial charge on any atom is 0.238 e. The molecule has 1 aliphatic carbocycles. The van der Waals surface area contributed by atoms with E-state index in [0.717, 1.165) is 67.7 Å². The standard InChI is InChI=1S/C36H41ClN8O2S/c1-4-15-44(16-5-2)28-11-13-29(31(20-28)39-23(3)46)42-43-36-41-34(45-17-14-24-8-6-7-9-25(24)22-45)33(48-36)18-26(21-38)35-40-30-12-10-27(37)19-32(30)47-35/h10-13,18-20,24-25H,4-9,14-17,22H2,1-3H3,(H,39,46)/b26-18+,43-42?. The van der Waals surface area contributed by atoms with E-state index >= 15 is 0 Å². The summed E-state index contributed by atoms with van der Waals surface area (Å²) in [6, 6.07) is 13.4. The van der Waals surface area contributed by atoms with Crippen LogP contribution < -0.4 is 15.1 Å². The topological polar surface area (TPSA) is 123 Å². The predicted octanol–water partition coefficient (Wildman–Crippen LogP) is 10.0. The van der Waals surface area contributed by atoms with Gasteiger partial charge in [0.1, 0.15) is 28.7 Å². The van der Waals surface area contributed by atoms with Gasteiger partial charge in [0.2, 0.25) is 16.9 Å². The fraction of sp³-hybridized carbons (Fsp3) is 0.444. The summed E-state index contributed by atoms with van der Waals surface area (Å²) in [5.41, 5.74) is 3.60. The van der Waals surface area contributed by atoms with Crippen molar-refractivity contribution in [3.8, 4) is 6.07 Å².